The Balaban J connectivity index is 0.000000408. The number of benzene rings is 4. The average molecular weight is 922 g/mol. The molecule has 0 unspecified atom stereocenters. The molecule has 0 saturated carbocycles. The van der Waals surface area contributed by atoms with Gasteiger partial charge in [0.2, 0.25) is 0 Å². The minimum Gasteiger partial charge on any atom is -1.00 e. The molecule has 0 spiro atoms. The predicted octanol–water partition coefficient (Wildman–Crippen LogP) is 6.13. The van der Waals surface area contributed by atoms with Gasteiger partial charge in [-0.15, -0.1) is 0 Å². The molecule has 11 heteroatoms. The van der Waals surface area contributed by atoms with Crippen LogP contribution in [0.25, 0.3) is 38.8 Å². The molecule has 1 aliphatic carbocycles. The molecular weight excluding hydrogens is 880 g/mol. The Bertz CT molecular complexity index is 2290. The maximum absolute atomic E-state index is 8.64. The van der Waals surface area contributed by atoms with Gasteiger partial charge in [0, 0.05) is 32.1 Å². The van der Waals surface area contributed by atoms with E-state index < -0.39 is 0 Å². The minimum atomic E-state index is -0.181. The Morgan fingerprint density at radius 3 is 1.93 bits per heavy atom. The zero-order valence-electron chi connectivity index (χ0n) is 31.7. The van der Waals surface area contributed by atoms with E-state index in [1.165, 1.54) is 59.7 Å². The number of aromatic nitrogens is 3. The molecule has 1 aliphatic rings. The van der Waals surface area contributed by atoms with Crippen molar-refractivity contribution in [1.82, 2.24) is 14.5 Å². The van der Waals surface area contributed by atoms with Crippen LogP contribution in [0.1, 0.15) is 70.6 Å². The Hall–Kier alpha value is -1.07. The first kappa shape index (κ1) is 49.1. The first-order valence-corrected chi connectivity index (χ1v) is 18.4. The van der Waals surface area contributed by atoms with E-state index in [9.17, 15) is 0 Å². The zero-order chi connectivity index (χ0) is 36.5. The molecule has 0 aliphatic heterocycles. The van der Waals surface area contributed by atoms with Gasteiger partial charge in [-0.05, 0) is 106 Å². The number of carbonyl (C=O) groups is 1. The Labute approximate surface area is 427 Å². The molecule has 6 nitrogen and oxygen atoms in total. The second-order valence-corrected chi connectivity index (χ2v) is 14.7. The maximum atomic E-state index is 8.64. The maximum Gasteiger partial charge on any atom is 1.00 e. The number of nitrogens with zero attached hydrogens (tertiary/aromatic N) is 3. The molecule has 270 valence electrons. The normalized spacial score (nSPS) is 10.5. The van der Waals surface area contributed by atoms with Crippen molar-refractivity contribution in [3.8, 4) is 16.9 Å². The summed E-state index contributed by atoms with van der Waals surface area (Å²) in [5.41, 5.74) is 10.6. The summed E-state index contributed by atoms with van der Waals surface area (Å²) < 4.78 is 4.50. The molecule has 0 N–H and O–H groups in total. The van der Waals surface area contributed by atoms with Crippen molar-refractivity contribution >= 4 is 71.7 Å². The number of rotatable bonds is 4. The Morgan fingerprint density at radius 2 is 1.28 bits per heavy atom. The molecule has 0 atom stereocenters. The van der Waals surface area contributed by atoms with E-state index in [-0.39, 0.29) is 118 Å². The topological polar surface area (TPSA) is 80.1 Å². The minimum absolute atomic E-state index is 0. The van der Waals surface area contributed by atoms with Crippen LogP contribution in [0, 0.1) is 0 Å². The van der Waals surface area contributed by atoms with Crippen LogP contribution in [0.15, 0.2) is 131 Å². The molecule has 3 aromatic heterocycles. The fourth-order valence-electron chi connectivity index (χ4n) is 6.00. The van der Waals surface area contributed by atoms with E-state index in [0.29, 0.717) is 17.0 Å². The monoisotopic (exact) mass is 919 g/mol. The van der Waals surface area contributed by atoms with Crippen LogP contribution >= 0.6 is 43.5 Å². The molecular formula is C43H42Br2ClK2N3O3. The van der Waals surface area contributed by atoms with E-state index in [1.54, 1.807) is 6.20 Å². The molecule has 4 aromatic carbocycles. The molecule has 0 bridgehead atoms. The summed E-state index contributed by atoms with van der Waals surface area (Å²) >= 11 is 12.8. The number of halogens is 3. The van der Waals surface area contributed by atoms with E-state index in [1.807, 2.05) is 18.3 Å². The van der Waals surface area contributed by atoms with Crippen LogP contribution in [0.5, 0.6) is 0 Å². The summed E-state index contributed by atoms with van der Waals surface area (Å²) in [6.07, 6.45) is 4.71. The molecule has 8 rings (SSSR count). The second-order valence-electron chi connectivity index (χ2n) is 12.5. The van der Waals surface area contributed by atoms with Crippen molar-refractivity contribution in [2.24, 2.45) is 0 Å². The summed E-state index contributed by atoms with van der Waals surface area (Å²) in [6.45, 7) is 8.50. The van der Waals surface area contributed by atoms with Crippen LogP contribution < -0.4 is 108 Å². The van der Waals surface area contributed by atoms with Gasteiger partial charge in [0.1, 0.15) is 11.0 Å². The summed E-state index contributed by atoms with van der Waals surface area (Å²) in [7, 11) is 0. The first-order chi connectivity index (χ1) is 24.6. The SMILES string of the molecule is Brc1ccc2c(c1)Cc1ccccc1-2.C.CC(C)c1ccnc(-n2c3ccccc3c3ccc(Br)cc32)c1.CC(C)c1ccnc(Cl)c1.O=CO[O-].[H-].[K+].[K+]. The fraction of sp³-hybridized carbons (Fsp3) is 0.186. The average Bonchev–Trinajstić information content (AvgIpc) is 3.67. The van der Waals surface area contributed by atoms with Gasteiger partial charge in [0.05, 0.1) is 11.0 Å². The Morgan fingerprint density at radius 1 is 0.722 bits per heavy atom. The van der Waals surface area contributed by atoms with Gasteiger partial charge in [0.25, 0.3) is 6.47 Å². The van der Waals surface area contributed by atoms with Crippen LogP contribution in [0.2, 0.25) is 5.15 Å². The van der Waals surface area contributed by atoms with Crippen LogP contribution in [-0.4, -0.2) is 21.0 Å². The molecule has 0 radical (unpaired) electrons. The summed E-state index contributed by atoms with van der Waals surface area (Å²) in [6, 6.07) is 38.3. The predicted molar refractivity (Wildman–Crippen MR) is 221 cm³/mol. The quantitative estimate of drug-likeness (QED) is 0.0699. The molecule has 0 fully saturated rings. The van der Waals surface area contributed by atoms with Crippen LogP contribution in [0.3, 0.4) is 0 Å². The number of hydrogen-bond donors (Lipinski definition) is 0. The van der Waals surface area contributed by atoms with Crippen LogP contribution in [-0.2, 0) is 16.1 Å². The number of fused-ring (bicyclic) bond motifs is 6. The first-order valence-electron chi connectivity index (χ1n) is 16.5. The molecule has 0 amide bonds. The standard InChI is InChI=1S/C20H17BrN2.C13H9Br.C8H10ClN.CH2O3.CH4.2K.H/c1-13(2)14-9-10-22-20(11-14)23-18-6-4-3-5-16(18)17-8-7-15(21)12-19(17)23;14-11-5-6-13-10(8-11)7-9-3-1-2-4-12(9)13;1-6(2)7-3-4-10-8(9)5-7;2-1-4-3;;;;/h3-13H,1-2H3;1-6,8H,7H2;3-6H,1-2H3;1,3H;1H4;;;/q;;;;;2*+1;-1/p-1. The largest absolute Gasteiger partial charge is 1.00 e. The third kappa shape index (κ3) is 12.7. The van der Waals surface area contributed by atoms with Gasteiger partial charge in [-0.2, -0.15) is 0 Å². The van der Waals surface area contributed by atoms with Gasteiger partial charge in [-0.3, -0.25) is 9.36 Å². The van der Waals surface area contributed by atoms with Crippen molar-refractivity contribution in [2.45, 2.75) is 53.4 Å². The van der Waals surface area contributed by atoms with Crippen molar-refractivity contribution < 1.29 is 119 Å². The van der Waals surface area contributed by atoms with Crippen molar-refractivity contribution in [3.63, 3.8) is 0 Å². The summed E-state index contributed by atoms with van der Waals surface area (Å²) in [5.74, 6) is 1.98. The number of carbonyl (C=O) groups excluding carboxylic acids is 1. The van der Waals surface area contributed by atoms with E-state index in [4.69, 9.17) is 21.7 Å². The van der Waals surface area contributed by atoms with Gasteiger partial charge in [-0.25, -0.2) is 9.97 Å². The molecule has 54 heavy (non-hydrogen) atoms. The smallest absolute Gasteiger partial charge is 1.00 e. The van der Waals surface area contributed by atoms with Gasteiger partial charge in [0.15, 0.2) is 0 Å². The molecule has 7 aromatic rings. The van der Waals surface area contributed by atoms with Crippen LogP contribution in [0.4, 0.5) is 0 Å². The van der Waals surface area contributed by atoms with E-state index in [2.05, 4.69) is 176 Å². The Kier molecular flexibility index (Phi) is 21.8. The third-order valence-corrected chi connectivity index (χ3v) is 9.71. The zero-order valence-corrected chi connectivity index (χ0v) is 40.9. The fourth-order valence-corrected chi connectivity index (χ4v) is 6.94. The van der Waals surface area contributed by atoms with E-state index >= 15 is 0 Å². The third-order valence-electron chi connectivity index (χ3n) is 8.51. The van der Waals surface area contributed by atoms with Crippen molar-refractivity contribution in [3.05, 3.63) is 158 Å². The summed E-state index contributed by atoms with van der Waals surface area (Å²) in [4.78, 5) is 19.8. The number of pyridine rings is 2. The van der Waals surface area contributed by atoms with Gasteiger partial charge >= 0.3 is 103 Å². The number of para-hydroxylation sites is 1. The van der Waals surface area contributed by atoms with Crippen molar-refractivity contribution in [2.75, 3.05) is 0 Å². The van der Waals surface area contributed by atoms with Crippen molar-refractivity contribution in [1.29, 1.82) is 0 Å². The number of hydrogen-bond acceptors (Lipinski definition) is 5. The second kappa shape index (κ2) is 24.0. The molecule has 0 saturated heterocycles. The van der Waals surface area contributed by atoms with E-state index in [0.717, 1.165) is 16.7 Å². The van der Waals surface area contributed by atoms with Gasteiger partial charge < -0.3 is 11.6 Å². The summed E-state index contributed by atoms with van der Waals surface area (Å²) in [5, 5.41) is 11.5. The van der Waals surface area contributed by atoms with Gasteiger partial charge in [-0.1, -0.05) is 133 Å². The molecule has 3 heterocycles.